The largest absolute Gasteiger partial charge is 0.483 e. The first-order valence-corrected chi connectivity index (χ1v) is 10.7. The number of urea groups is 1. The van der Waals surface area contributed by atoms with Gasteiger partial charge < -0.3 is 30.2 Å². The van der Waals surface area contributed by atoms with Crippen molar-refractivity contribution in [1.29, 1.82) is 0 Å². The fraction of sp³-hybridized carbons (Fsp3) is 0.250. The van der Waals surface area contributed by atoms with E-state index < -0.39 is 48.9 Å². The number of amides is 3. The van der Waals surface area contributed by atoms with E-state index in [0.717, 1.165) is 0 Å². The fourth-order valence-corrected chi connectivity index (χ4v) is 3.26. The molecule has 0 aromatic heterocycles. The number of hydrogen-bond acceptors (Lipinski definition) is 7. The zero-order chi connectivity index (χ0) is 25.4. The van der Waals surface area contributed by atoms with Crippen LogP contribution in [0.4, 0.5) is 14.9 Å². The lowest BCUT2D eigenvalue weighted by molar-refractivity contribution is -0.139. The molecule has 1 aliphatic heterocycles. The van der Waals surface area contributed by atoms with E-state index in [0.29, 0.717) is 0 Å². The number of rotatable bonds is 9. The molecular formula is C24H24FN3O7. The Morgan fingerprint density at radius 1 is 1.03 bits per heavy atom. The molecule has 0 saturated carbocycles. The number of halogens is 1. The van der Waals surface area contributed by atoms with Crippen LogP contribution in [0.3, 0.4) is 0 Å². The number of ether oxygens (including phenoxy) is 3. The maximum Gasteiger partial charge on any atom is 0.342 e. The number of carbonyl (C=O) groups excluding carboxylic acids is 4. The van der Waals surface area contributed by atoms with Crippen LogP contribution in [-0.4, -0.2) is 49.7 Å². The molecule has 0 saturated heterocycles. The first-order valence-electron chi connectivity index (χ1n) is 10.7. The Labute approximate surface area is 200 Å². The van der Waals surface area contributed by atoms with Crippen molar-refractivity contribution in [2.24, 2.45) is 0 Å². The van der Waals surface area contributed by atoms with Crippen LogP contribution >= 0.6 is 0 Å². The van der Waals surface area contributed by atoms with E-state index in [1.165, 1.54) is 30.3 Å². The SMILES string of the molecule is CCOC(=O)C1=C(COC(=O)c2ccccc2OCC(=O)Nc2ccccc2F)NC(=O)N[C@H]1C. The lowest BCUT2D eigenvalue weighted by atomic mass is 10.0. The molecule has 1 atom stereocenters. The van der Waals surface area contributed by atoms with Crippen molar-refractivity contribution >= 4 is 29.6 Å². The maximum absolute atomic E-state index is 13.7. The number of benzene rings is 2. The summed E-state index contributed by atoms with van der Waals surface area (Å²) < 4.78 is 29.5. The van der Waals surface area contributed by atoms with Gasteiger partial charge >= 0.3 is 18.0 Å². The summed E-state index contributed by atoms with van der Waals surface area (Å²) in [5.41, 5.74) is 0.236. The Bertz CT molecular complexity index is 1170. The van der Waals surface area contributed by atoms with Crippen molar-refractivity contribution in [1.82, 2.24) is 10.6 Å². The third kappa shape index (κ3) is 6.56. The Balaban J connectivity index is 1.67. The summed E-state index contributed by atoms with van der Waals surface area (Å²) in [6.45, 7) is 2.47. The van der Waals surface area contributed by atoms with Crippen LogP contribution in [-0.2, 0) is 19.1 Å². The van der Waals surface area contributed by atoms with Crippen LogP contribution in [0.1, 0.15) is 24.2 Å². The first-order chi connectivity index (χ1) is 16.8. The highest BCUT2D eigenvalue weighted by Crippen LogP contribution is 2.21. The van der Waals surface area contributed by atoms with Crippen molar-refractivity contribution < 1.29 is 37.8 Å². The number of para-hydroxylation sites is 2. The molecule has 1 heterocycles. The molecule has 0 fully saturated rings. The molecule has 184 valence electrons. The van der Waals surface area contributed by atoms with Crippen LogP contribution in [0, 0.1) is 5.82 Å². The lowest BCUT2D eigenvalue weighted by Gasteiger charge is -2.26. The lowest BCUT2D eigenvalue weighted by Crippen LogP contribution is -2.50. The minimum Gasteiger partial charge on any atom is -0.483 e. The monoisotopic (exact) mass is 485 g/mol. The Hall–Kier alpha value is -4.41. The standard InChI is InChI=1S/C24H24FN3O7/c1-3-33-23(31)21-14(2)26-24(32)28-18(21)12-35-22(30)15-8-4-7-11-19(15)34-13-20(29)27-17-10-6-5-9-16(17)25/h4-11,14H,3,12-13H2,1-2H3,(H,27,29)(H2,26,28,32)/t14-/m0/s1. The summed E-state index contributed by atoms with van der Waals surface area (Å²) in [5.74, 6) is -2.63. The molecule has 3 rings (SSSR count). The van der Waals surface area contributed by atoms with Crippen LogP contribution < -0.4 is 20.7 Å². The van der Waals surface area contributed by atoms with Crippen LogP contribution in [0.15, 0.2) is 59.8 Å². The average Bonchev–Trinajstić information content (AvgIpc) is 2.82. The molecule has 0 unspecified atom stereocenters. The smallest absolute Gasteiger partial charge is 0.342 e. The summed E-state index contributed by atoms with van der Waals surface area (Å²) >= 11 is 0. The van der Waals surface area contributed by atoms with Crippen molar-refractivity contribution in [3.8, 4) is 5.75 Å². The molecule has 35 heavy (non-hydrogen) atoms. The molecule has 0 bridgehead atoms. The van der Waals surface area contributed by atoms with Crippen molar-refractivity contribution in [3.63, 3.8) is 0 Å². The molecule has 11 heteroatoms. The summed E-state index contributed by atoms with van der Waals surface area (Å²) in [5, 5.41) is 7.39. The first kappa shape index (κ1) is 25.2. The van der Waals surface area contributed by atoms with E-state index in [2.05, 4.69) is 16.0 Å². The van der Waals surface area contributed by atoms with Gasteiger partial charge in [0.25, 0.3) is 5.91 Å². The summed E-state index contributed by atoms with van der Waals surface area (Å²) in [6, 6.07) is 10.5. The molecule has 3 amide bonds. The van der Waals surface area contributed by atoms with E-state index in [-0.39, 0.29) is 34.9 Å². The maximum atomic E-state index is 13.7. The van der Waals surface area contributed by atoms with Crippen LogP contribution in [0.2, 0.25) is 0 Å². The van der Waals surface area contributed by atoms with Crippen molar-refractivity contribution in [3.05, 3.63) is 71.2 Å². The molecular weight excluding hydrogens is 461 g/mol. The van der Waals surface area contributed by atoms with Gasteiger partial charge in [0.2, 0.25) is 0 Å². The van der Waals surface area contributed by atoms with Crippen LogP contribution in [0.5, 0.6) is 5.75 Å². The van der Waals surface area contributed by atoms with Gasteiger partial charge in [0.05, 0.1) is 29.6 Å². The minimum absolute atomic E-state index is 0.00211. The normalized spacial score (nSPS) is 14.9. The van der Waals surface area contributed by atoms with Gasteiger partial charge in [-0.25, -0.2) is 18.8 Å². The summed E-state index contributed by atoms with van der Waals surface area (Å²) in [7, 11) is 0. The summed E-state index contributed by atoms with van der Waals surface area (Å²) in [6.07, 6.45) is 0. The number of nitrogens with one attached hydrogen (secondary N) is 3. The highest BCUT2D eigenvalue weighted by molar-refractivity contribution is 5.96. The second-order valence-corrected chi connectivity index (χ2v) is 7.32. The molecule has 1 aliphatic rings. The molecule has 2 aromatic rings. The van der Waals surface area contributed by atoms with Gasteiger partial charge in [-0.15, -0.1) is 0 Å². The third-order valence-corrected chi connectivity index (χ3v) is 4.83. The zero-order valence-corrected chi connectivity index (χ0v) is 19.1. The van der Waals surface area contributed by atoms with E-state index in [4.69, 9.17) is 14.2 Å². The molecule has 0 aliphatic carbocycles. The highest BCUT2D eigenvalue weighted by Gasteiger charge is 2.30. The van der Waals surface area contributed by atoms with Crippen molar-refractivity contribution in [2.75, 3.05) is 25.1 Å². The highest BCUT2D eigenvalue weighted by atomic mass is 19.1. The Kier molecular flexibility index (Phi) is 8.38. The van der Waals surface area contributed by atoms with Gasteiger partial charge in [0, 0.05) is 0 Å². The number of hydrogen-bond donors (Lipinski definition) is 3. The third-order valence-electron chi connectivity index (χ3n) is 4.83. The second kappa shape index (κ2) is 11.6. The second-order valence-electron chi connectivity index (χ2n) is 7.32. The quantitative estimate of drug-likeness (QED) is 0.465. The number of carbonyl (C=O) groups is 4. The van der Waals surface area contributed by atoms with Crippen molar-refractivity contribution in [2.45, 2.75) is 19.9 Å². The van der Waals surface area contributed by atoms with Crippen LogP contribution in [0.25, 0.3) is 0 Å². The van der Waals surface area contributed by atoms with Gasteiger partial charge in [-0.1, -0.05) is 24.3 Å². The van der Waals surface area contributed by atoms with E-state index >= 15 is 0 Å². The van der Waals surface area contributed by atoms with Gasteiger partial charge in [0.15, 0.2) is 6.61 Å². The van der Waals surface area contributed by atoms with Gasteiger partial charge in [0.1, 0.15) is 23.7 Å². The zero-order valence-electron chi connectivity index (χ0n) is 19.1. The molecule has 0 radical (unpaired) electrons. The van der Waals surface area contributed by atoms with E-state index in [1.54, 1.807) is 32.0 Å². The topological polar surface area (TPSA) is 132 Å². The predicted octanol–water partition coefficient (Wildman–Crippen LogP) is 2.52. The fourth-order valence-electron chi connectivity index (χ4n) is 3.26. The molecule has 10 nitrogen and oxygen atoms in total. The van der Waals surface area contributed by atoms with E-state index in [1.807, 2.05) is 0 Å². The number of esters is 2. The van der Waals surface area contributed by atoms with E-state index in [9.17, 15) is 23.6 Å². The Morgan fingerprint density at radius 2 is 1.74 bits per heavy atom. The average molecular weight is 485 g/mol. The predicted molar refractivity (Wildman–Crippen MR) is 122 cm³/mol. The minimum atomic E-state index is -0.814. The van der Waals surface area contributed by atoms with Gasteiger partial charge in [-0.05, 0) is 38.1 Å². The molecule has 3 N–H and O–H groups in total. The Morgan fingerprint density at radius 3 is 2.49 bits per heavy atom. The molecule has 0 spiro atoms. The summed E-state index contributed by atoms with van der Waals surface area (Å²) in [4.78, 5) is 49.0. The molecule has 2 aromatic carbocycles. The number of anilines is 1. The van der Waals surface area contributed by atoms with Gasteiger partial charge in [-0.3, -0.25) is 4.79 Å². The van der Waals surface area contributed by atoms with Gasteiger partial charge in [-0.2, -0.15) is 0 Å².